The zero-order valence-corrected chi connectivity index (χ0v) is 15.0. The van der Waals surface area contributed by atoms with Crippen molar-refractivity contribution in [2.24, 2.45) is 0 Å². The van der Waals surface area contributed by atoms with Crippen molar-refractivity contribution in [3.63, 3.8) is 0 Å². The van der Waals surface area contributed by atoms with E-state index in [0.717, 1.165) is 63.7 Å². The molecule has 0 saturated carbocycles. The maximum absolute atomic E-state index is 5.44. The van der Waals surface area contributed by atoms with Gasteiger partial charge >= 0.3 is 0 Å². The maximum Gasteiger partial charge on any atom is 0.0642 e. The van der Waals surface area contributed by atoms with E-state index in [4.69, 9.17) is 9.47 Å². The zero-order valence-electron chi connectivity index (χ0n) is 15.0. The Bertz CT molecular complexity index is 732. The van der Waals surface area contributed by atoms with Crippen LogP contribution in [0.15, 0.2) is 48.5 Å². The van der Waals surface area contributed by atoms with Crippen LogP contribution in [0.5, 0.6) is 0 Å². The number of anilines is 2. The van der Waals surface area contributed by atoms with E-state index in [9.17, 15) is 0 Å². The first kappa shape index (κ1) is 17.0. The highest BCUT2D eigenvalue weighted by Gasteiger charge is 2.12. The van der Waals surface area contributed by atoms with Crippen molar-refractivity contribution in [1.29, 1.82) is 0 Å². The zero-order chi connectivity index (χ0) is 17.6. The van der Waals surface area contributed by atoms with Crippen LogP contribution in [0.2, 0.25) is 0 Å². The number of hydrogen-bond acceptors (Lipinski definition) is 4. The molecule has 0 amide bonds. The largest absolute Gasteiger partial charge is 0.378 e. The maximum atomic E-state index is 5.44. The van der Waals surface area contributed by atoms with Gasteiger partial charge in [0.2, 0.25) is 0 Å². The molecule has 0 unspecified atom stereocenters. The molecule has 0 aromatic heterocycles. The minimum absolute atomic E-state index is 0.796. The van der Waals surface area contributed by atoms with Crippen LogP contribution in [-0.2, 0) is 9.47 Å². The summed E-state index contributed by atoms with van der Waals surface area (Å²) in [5, 5.41) is 0. The Morgan fingerprint density at radius 3 is 1.46 bits per heavy atom. The minimum Gasteiger partial charge on any atom is -0.378 e. The number of morpholine rings is 2. The van der Waals surface area contributed by atoms with Crippen LogP contribution in [0.1, 0.15) is 11.1 Å². The van der Waals surface area contributed by atoms with Crippen LogP contribution < -0.4 is 9.80 Å². The van der Waals surface area contributed by atoms with E-state index in [1.165, 1.54) is 11.4 Å². The van der Waals surface area contributed by atoms with Gasteiger partial charge in [0.25, 0.3) is 0 Å². The number of benzene rings is 2. The van der Waals surface area contributed by atoms with E-state index < -0.39 is 0 Å². The summed E-state index contributed by atoms with van der Waals surface area (Å²) in [5.41, 5.74) is 4.54. The van der Waals surface area contributed by atoms with Gasteiger partial charge < -0.3 is 19.3 Å². The molecule has 4 nitrogen and oxygen atoms in total. The van der Waals surface area contributed by atoms with Gasteiger partial charge in [-0.05, 0) is 36.4 Å². The van der Waals surface area contributed by atoms with Crippen LogP contribution in [0.3, 0.4) is 0 Å². The van der Waals surface area contributed by atoms with E-state index in [1.54, 1.807) is 0 Å². The topological polar surface area (TPSA) is 24.9 Å². The summed E-state index contributed by atoms with van der Waals surface area (Å²) in [7, 11) is 0. The molecular formula is C22H24N2O2. The van der Waals surface area contributed by atoms with Gasteiger partial charge in [0.1, 0.15) is 0 Å². The molecule has 2 heterocycles. The smallest absolute Gasteiger partial charge is 0.0642 e. The Hall–Kier alpha value is -2.48. The lowest BCUT2D eigenvalue weighted by molar-refractivity contribution is 0.122. The molecule has 4 rings (SSSR count). The molecule has 2 aromatic carbocycles. The fourth-order valence-corrected chi connectivity index (χ4v) is 3.35. The lowest BCUT2D eigenvalue weighted by atomic mass is 10.1. The monoisotopic (exact) mass is 348 g/mol. The summed E-state index contributed by atoms with van der Waals surface area (Å²) in [4.78, 5) is 4.71. The lowest BCUT2D eigenvalue weighted by Gasteiger charge is -2.29. The highest BCUT2D eigenvalue weighted by Crippen LogP contribution is 2.19. The summed E-state index contributed by atoms with van der Waals surface area (Å²) < 4.78 is 10.9. The Morgan fingerprint density at radius 2 is 1.04 bits per heavy atom. The van der Waals surface area contributed by atoms with Gasteiger partial charge in [-0.15, -0.1) is 0 Å². The molecule has 2 saturated heterocycles. The quantitative estimate of drug-likeness (QED) is 0.779. The summed E-state index contributed by atoms with van der Waals surface area (Å²) in [6.45, 7) is 6.96. The Kier molecular flexibility index (Phi) is 5.39. The first-order valence-corrected chi connectivity index (χ1v) is 9.26. The van der Waals surface area contributed by atoms with Gasteiger partial charge in [0.05, 0.1) is 26.4 Å². The van der Waals surface area contributed by atoms with E-state index in [2.05, 4.69) is 70.2 Å². The molecule has 0 spiro atoms. The van der Waals surface area contributed by atoms with Crippen molar-refractivity contribution in [2.45, 2.75) is 0 Å². The van der Waals surface area contributed by atoms with E-state index in [0.29, 0.717) is 0 Å². The molecule has 0 N–H and O–H groups in total. The molecule has 0 aliphatic carbocycles. The number of nitrogens with zero attached hydrogens (tertiary/aromatic N) is 2. The predicted octanol–water partition coefficient (Wildman–Crippen LogP) is 2.76. The summed E-state index contributed by atoms with van der Waals surface area (Å²) in [6, 6.07) is 16.9. The average molecular weight is 348 g/mol. The van der Waals surface area contributed by atoms with Gasteiger partial charge in [0, 0.05) is 48.7 Å². The molecule has 2 fully saturated rings. The Morgan fingerprint density at radius 1 is 0.615 bits per heavy atom. The molecule has 0 atom stereocenters. The first-order chi connectivity index (χ1) is 12.9. The molecular weight excluding hydrogens is 324 g/mol. The highest BCUT2D eigenvalue weighted by molar-refractivity contribution is 5.56. The van der Waals surface area contributed by atoms with Crippen LogP contribution in [0, 0.1) is 11.8 Å². The highest BCUT2D eigenvalue weighted by atomic mass is 16.5. The van der Waals surface area contributed by atoms with Crippen molar-refractivity contribution >= 4 is 11.4 Å². The predicted molar refractivity (Wildman–Crippen MR) is 105 cm³/mol. The molecule has 2 aliphatic rings. The molecule has 2 aliphatic heterocycles. The third-order valence-electron chi connectivity index (χ3n) is 4.80. The van der Waals surface area contributed by atoms with Crippen LogP contribution in [0.4, 0.5) is 11.4 Å². The SMILES string of the molecule is C(#Cc1cccc(N2CCOCC2)c1)c1cccc(N2CCOCC2)c1. The van der Waals surface area contributed by atoms with Crippen molar-refractivity contribution in [1.82, 2.24) is 0 Å². The third kappa shape index (κ3) is 4.19. The summed E-state index contributed by atoms with van der Waals surface area (Å²) >= 11 is 0. The van der Waals surface area contributed by atoms with Crippen LogP contribution >= 0.6 is 0 Å². The third-order valence-corrected chi connectivity index (χ3v) is 4.80. The fourth-order valence-electron chi connectivity index (χ4n) is 3.35. The molecule has 4 heteroatoms. The van der Waals surface area contributed by atoms with Gasteiger partial charge in [-0.25, -0.2) is 0 Å². The van der Waals surface area contributed by atoms with Gasteiger partial charge in [0.15, 0.2) is 0 Å². The number of rotatable bonds is 2. The van der Waals surface area contributed by atoms with Gasteiger partial charge in [-0.1, -0.05) is 24.0 Å². The normalized spacial score (nSPS) is 17.5. The molecule has 0 radical (unpaired) electrons. The van der Waals surface area contributed by atoms with Crippen molar-refractivity contribution < 1.29 is 9.47 Å². The first-order valence-electron chi connectivity index (χ1n) is 9.26. The molecule has 2 aromatic rings. The second-order valence-corrected chi connectivity index (χ2v) is 6.55. The number of hydrogen-bond donors (Lipinski definition) is 0. The summed E-state index contributed by atoms with van der Waals surface area (Å²) in [6.07, 6.45) is 0. The molecule has 0 bridgehead atoms. The van der Waals surface area contributed by atoms with Gasteiger partial charge in [-0.3, -0.25) is 0 Å². The number of ether oxygens (including phenoxy) is 2. The van der Waals surface area contributed by atoms with E-state index in [1.807, 2.05) is 0 Å². The Labute approximate surface area is 155 Å². The van der Waals surface area contributed by atoms with Crippen LogP contribution in [0.25, 0.3) is 0 Å². The summed E-state index contributed by atoms with van der Waals surface area (Å²) in [5.74, 6) is 6.64. The second-order valence-electron chi connectivity index (χ2n) is 6.55. The van der Waals surface area contributed by atoms with Crippen LogP contribution in [-0.4, -0.2) is 52.6 Å². The minimum atomic E-state index is 0.796. The Balaban J connectivity index is 1.50. The van der Waals surface area contributed by atoms with Gasteiger partial charge in [-0.2, -0.15) is 0 Å². The van der Waals surface area contributed by atoms with Crippen molar-refractivity contribution in [3.05, 3.63) is 59.7 Å². The van der Waals surface area contributed by atoms with E-state index >= 15 is 0 Å². The lowest BCUT2D eigenvalue weighted by Crippen LogP contribution is -2.36. The second kappa shape index (κ2) is 8.27. The average Bonchev–Trinajstić information content (AvgIpc) is 2.74. The fraction of sp³-hybridized carbons (Fsp3) is 0.364. The van der Waals surface area contributed by atoms with Crippen molar-refractivity contribution in [2.75, 3.05) is 62.4 Å². The molecule has 134 valence electrons. The molecule has 26 heavy (non-hydrogen) atoms. The standard InChI is InChI=1S/C22H24N2O2/c1-3-19(17-21(5-1)23-9-13-25-14-10-23)7-8-20-4-2-6-22(18-20)24-11-15-26-16-12-24/h1-6,17-18H,9-16H2. The van der Waals surface area contributed by atoms with Crippen molar-refractivity contribution in [3.8, 4) is 11.8 Å². The van der Waals surface area contributed by atoms with E-state index in [-0.39, 0.29) is 0 Å².